The minimum Gasteiger partial charge on any atom is -0.454 e. The van der Waals surface area contributed by atoms with E-state index < -0.39 is 24.5 Å². The van der Waals surface area contributed by atoms with Crippen molar-refractivity contribution in [1.82, 2.24) is 10.3 Å². The molecule has 1 aromatic carbocycles. The van der Waals surface area contributed by atoms with Gasteiger partial charge in [-0.25, -0.2) is 14.6 Å². The maximum Gasteiger partial charge on any atom is 0.350 e. The highest BCUT2D eigenvalue weighted by Crippen LogP contribution is 2.34. The molecule has 3 amide bonds. The molecule has 2 aromatic rings. The highest BCUT2D eigenvalue weighted by molar-refractivity contribution is 7.13. The number of anilines is 1. The Morgan fingerprint density at radius 2 is 2.00 bits per heavy atom. The maximum atomic E-state index is 11.9. The van der Waals surface area contributed by atoms with Gasteiger partial charge < -0.3 is 19.5 Å². The summed E-state index contributed by atoms with van der Waals surface area (Å²) < 4.78 is 15.3. The highest BCUT2D eigenvalue weighted by Gasteiger charge is 2.18. The van der Waals surface area contributed by atoms with Gasteiger partial charge >= 0.3 is 12.0 Å². The van der Waals surface area contributed by atoms with Crippen LogP contribution in [0.1, 0.15) is 20.4 Å². The van der Waals surface area contributed by atoms with Crippen molar-refractivity contribution in [2.75, 3.05) is 18.7 Å². The van der Waals surface area contributed by atoms with Crippen LogP contribution in [0.4, 0.5) is 10.5 Å². The Kier molecular flexibility index (Phi) is 5.03. The number of rotatable bonds is 4. The van der Waals surface area contributed by atoms with Gasteiger partial charge in [-0.1, -0.05) is 0 Å². The summed E-state index contributed by atoms with van der Waals surface area (Å²) in [5.74, 6) is -0.333. The quantitative estimate of drug-likeness (QED) is 0.783. The molecular formula is C16H15N3O6S. The Morgan fingerprint density at radius 3 is 2.73 bits per heavy atom. The molecule has 0 radical (unpaired) electrons. The van der Waals surface area contributed by atoms with E-state index in [-0.39, 0.29) is 6.79 Å². The molecule has 136 valence electrons. The lowest BCUT2D eigenvalue weighted by atomic mass is 10.3. The zero-order valence-corrected chi connectivity index (χ0v) is 14.8. The van der Waals surface area contributed by atoms with Gasteiger partial charge in [0.15, 0.2) is 18.1 Å². The Hall–Kier alpha value is -3.14. The van der Waals surface area contributed by atoms with Crippen LogP contribution in [-0.4, -0.2) is 36.3 Å². The number of carbonyl (C=O) groups is 3. The predicted molar refractivity (Wildman–Crippen MR) is 91.6 cm³/mol. The molecule has 0 saturated carbocycles. The monoisotopic (exact) mass is 377 g/mol. The van der Waals surface area contributed by atoms with E-state index in [1.165, 1.54) is 11.3 Å². The summed E-state index contributed by atoms with van der Waals surface area (Å²) in [5, 5.41) is 5.28. The number of benzene rings is 1. The van der Waals surface area contributed by atoms with Crippen molar-refractivity contribution in [2.24, 2.45) is 0 Å². The maximum absolute atomic E-state index is 11.9. The summed E-state index contributed by atoms with van der Waals surface area (Å²) in [7, 11) is 0. The number of aromatic nitrogens is 1. The number of nitrogens with one attached hydrogen (secondary N) is 2. The number of fused-ring (bicyclic) bond motifs is 1. The first-order valence-corrected chi connectivity index (χ1v) is 8.35. The van der Waals surface area contributed by atoms with Gasteiger partial charge in [-0.05, 0) is 26.0 Å². The lowest BCUT2D eigenvalue weighted by Crippen LogP contribution is -2.37. The molecule has 10 heteroatoms. The van der Waals surface area contributed by atoms with E-state index in [2.05, 4.69) is 15.6 Å². The van der Waals surface area contributed by atoms with Crippen LogP contribution >= 0.6 is 11.3 Å². The summed E-state index contributed by atoms with van der Waals surface area (Å²) in [6.07, 6.45) is 0. The summed E-state index contributed by atoms with van der Waals surface area (Å²) in [6, 6.07) is 4.06. The van der Waals surface area contributed by atoms with Crippen LogP contribution in [-0.2, 0) is 9.53 Å². The third-order valence-corrected chi connectivity index (χ3v) is 4.36. The number of carbonyl (C=O) groups excluding carboxylic acids is 3. The molecule has 0 spiro atoms. The summed E-state index contributed by atoms with van der Waals surface area (Å²) in [4.78, 5) is 39.9. The lowest BCUT2D eigenvalue weighted by molar-refractivity contribution is -0.123. The van der Waals surface area contributed by atoms with E-state index in [1.54, 1.807) is 32.0 Å². The Morgan fingerprint density at radius 1 is 1.23 bits per heavy atom. The van der Waals surface area contributed by atoms with Gasteiger partial charge in [-0.3, -0.25) is 10.1 Å². The number of imide groups is 1. The summed E-state index contributed by atoms with van der Waals surface area (Å²) >= 11 is 1.18. The van der Waals surface area contributed by atoms with Crippen LogP contribution in [0.5, 0.6) is 11.5 Å². The first-order valence-electron chi connectivity index (χ1n) is 7.54. The molecule has 3 rings (SSSR count). The van der Waals surface area contributed by atoms with E-state index in [9.17, 15) is 14.4 Å². The molecule has 0 aliphatic carbocycles. The lowest BCUT2D eigenvalue weighted by Gasteiger charge is -2.08. The minimum atomic E-state index is -0.755. The molecular weight excluding hydrogens is 362 g/mol. The first-order chi connectivity index (χ1) is 12.4. The van der Waals surface area contributed by atoms with E-state index in [1.807, 2.05) is 0 Å². The van der Waals surface area contributed by atoms with Crippen molar-refractivity contribution in [1.29, 1.82) is 0 Å². The van der Waals surface area contributed by atoms with Gasteiger partial charge in [0.25, 0.3) is 5.91 Å². The van der Waals surface area contributed by atoms with Crippen molar-refractivity contribution in [3.63, 3.8) is 0 Å². The smallest absolute Gasteiger partial charge is 0.350 e. The van der Waals surface area contributed by atoms with E-state index in [0.29, 0.717) is 27.8 Å². The minimum absolute atomic E-state index is 0.119. The second kappa shape index (κ2) is 7.40. The molecule has 0 bridgehead atoms. The topological polar surface area (TPSA) is 116 Å². The van der Waals surface area contributed by atoms with Gasteiger partial charge in [0.2, 0.25) is 6.79 Å². The summed E-state index contributed by atoms with van der Waals surface area (Å²) in [5.41, 5.74) is 0.964. The average molecular weight is 377 g/mol. The Balaban J connectivity index is 1.48. The molecule has 0 atom stereocenters. The number of aryl methyl sites for hydroxylation is 2. The van der Waals surface area contributed by atoms with E-state index >= 15 is 0 Å². The number of hydrogen-bond acceptors (Lipinski definition) is 8. The second-order valence-electron chi connectivity index (χ2n) is 5.29. The van der Waals surface area contributed by atoms with E-state index in [4.69, 9.17) is 14.2 Å². The van der Waals surface area contributed by atoms with Crippen LogP contribution in [0, 0.1) is 13.8 Å². The van der Waals surface area contributed by atoms with E-state index in [0.717, 1.165) is 5.01 Å². The molecule has 9 nitrogen and oxygen atoms in total. The van der Waals surface area contributed by atoms with Gasteiger partial charge in [0.1, 0.15) is 4.88 Å². The molecule has 0 saturated heterocycles. The molecule has 0 unspecified atom stereocenters. The van der Waals surface area contributed by atoms with Gasteiger partial charge in [-0.15, -0.1) is 11.3 Å². The first kappa shape index (κ1) is 17.7. The fraction of sp³-hybridized carbons (Fsp3) is 0.250. The van der Waals surface area contributed by atoms with Gasteiger partial charge in [0, 0.05) is 11.8 Å². The number of amides is 3. The van der Waals surface area contributed by atoms with Gasteiger partial charge in [0.05, 0.1) is 10.7 Å². The standard InChI is InChI=1S/C16H15N3O6S/c1-8-14(26-9(2)17-8)15(21)23-6-13(20)19-16(22)18-10-3-4-11-12(5-10)25-7-24-11/h3-5H,6-7H2,1-2H3,(H2,18,19,20,22). The number of thiazole rings is 1. The third-order valence-electron chi connectivity index (χ3n) is 3.31. The number of nitrogens with zero attached hydrogens (tertiary/aromatic N) is 1. The number of ether oxygens (including phenoxy) is 3. The molecule has 1 aromatic heterocycles. The predicted octanol–water partition coefficient (Wildman–Crippen LogP) is 1.99. The van der Waals surface area contributed by atoms with Crippen molar-refractivity contribution < 1.29 is 28.6 Å². The normalized spacial score (nSPS) is 11.8. The highest BCUT2D eigenvalue weighted by atomic mass is 32.1. The van der Waals surface area contributed by atoms with Crippen LogP contribution in [0.15, 0.2) is 18.2 Å². The molecule has 2 heterocycles. The van der Waals surface area contributed by atoms with Crippen LogP contribution in [0.3, 0.4) is 0 Å². The summed E-state index contributed by atoms with van der Waals surface area (Å²) in [6.45, 7) is 2.98. The fourth-order valence-electron chi connectivity index (χ4n) is 2.22. The van der Waals surface area contributed by atoms with Crippen LogP contribution < -0.4 is 20.1 Å². The third kappa shape index (κ3) is 4.09. The number of esters is 1. The fourth-order valence-corrected chi connectivity index (χ4v) is 3.03. The zero-order valence-electron chi connectivity index (χ0n) is 14.0. The molecule has 1 aliphatic heterocycles. The largest absolute Gasteiger partial charge is 0.454 e. The Bertz CT molecular complexity index is 879. The van der Waals surface area contributed by atoms with Crippen LogP contribution in [0.25, 0.3) is 0 Å². The zero-order chi connectivity index (χ0) is 18.7. The number of urea groups is 1. The second-order valence-corrected chi connectivity index (χ2v) is 6.50. The average Bonchev–Trinajstić information content (AvgIpc) is 3.17. The Labute approximate surface area is 152 Å². The molecule has 0 fully saturated rings. The van der Waals surface area contributed by atoms with Crippen molar-refractivity contribution in [3.05, 3.63) is 33.8 Å². The SMILES string of the molecule is Cc1nc(C)c(C(=O)OCC(=O)NC(=O)Nc2ccc3c(c2)OCO3)s1. The molecule has 1 aliphatic rings. The number of hydrogen-bond donors (Lipinski definition) is 2. The van der Waals surface area contributed by atoms with Gasteiger partial charge in [-0.2, -0.15) is 0 Å². The van der Waals surface area contributed by atoms with Crippen molar-refractivity contribution in [2.45, 2.75) is 13.8 Å². The van der Waals surface area contributed by atoms with Crippen molar-refractivity contribution in [3.8, 4) is 11.5 Å². The molecule has 26 heavy (non-hydrogen) atoms. The van der Waals surface area contributed by atoms with Crippen molar-refractivity contribution >= 4 is 34.9 Å². The van der Waals surface area contributed by atoms with Crippen LogP contribution in [0.2, 0.25) is 0 Å². The molecule has 2 N–H and O–H groups in total.